The summed E-state index contributed by atoms with van der Waals surface area (Å²) in [6, 6.07) is 0. The van der Waals surface area contributed by atoms with Crippen molar-refractivity contribution in [1.82, 2.24) is 29.8 Å². The maximum absolute atomic E-state index is 3.28. The fraction of sp³-hybridized carbons (Fsp3) is 1.00. The molecule has 1 rings (SSSR count). The normalized spacial score (nSPS) is 17.7. The van der Waals surface area contributed by atoms with Crippen molar-refractivity contribution in [2.45, 2.75) is 90.0 Å². The fourth-order valence-electron chi connectivity index (χ4n) is 4.91. The minimum absolute atomic E-state index is 0.345. The zero-order valence-corrected chi connectivity index (χ0v) is 26.8. The first-order valence-corrected chi connectivity index (χ1v) is 13.8. The van der Waals surface area contributed by atoms with E-state index in [0.717, 1.165) is 66.1 Å². The first kappa shape index (κ1) is 34.8. The van der Waals surface area contributed by atoms with Crippen molar-refractivity contribution in [3.8, 4) is 0 Å². The summed E-state index contributed by atoms with van der Waals surface area (Å²) in [6.07, 6.45) is 0. The molecule has 6 nitrogen and oxygen atoms in total. The molecule has 1 N–H and O–H groups in total. The molecule has 0 aromatic heterocycles. The van der Waals surface area contributed by atoms with Crippen LogP contribution in [0.15, 0.2) is 0 Å². The van der Waals surface area contributed by atoms with E-state index in [1.165, 1.54) is 0 Å². The number of nitrogens with one attached hydrogen (secondary N) is 1. The minimum atomic E-state index is 0.345. The van der Waals surface area contributed by atoms with Gasteiger partial charge in [0.2, 0.25) is 0 Å². The number of rotatable bonds is 9. The monoisotopic (exact) mass is 499 g/mol. The molecule has 0 unspecified atom stereocenters. The standard InChI is InChI=1S/C15H35N3.C14H31N3/c1-9-17(10-14(2,3)4)13-18(12-16-8)11-15(5,6)7;1-13(2,3)8-16-10-15(7)11-17(12-16)9-14(4,5)6/h16H,9-13H2,1-8H3;8-12H2,1-7H3. The molecule has 1 heterocycles. The van der Waals surface area contributed by atoms with Crippen molar-refractivity contribution < 1.29 is 0 Å². The van der Waals surface area contributed by atoms with Crippen molar-refractivity contribution >= 4 is 0 Å². The van der Waals surface area contributed by atoms with Gasteiger partial charge >= 0.3 is 0 Å². The predicted molar refractivity (Wildman–Crippen MR) is 156 cm³/mol. The molecule has 35 heavy (non-hydrogen) atoms. The molecule has 6 heteroatoms. The van der Waals surface area contributed by atoms with Crippen LogP contribution < -0.4 is 5.32 Å². The summed E-state index contributed by atoms with van der Waals surface area (Å²) >= 11 is 0. The van der Waals surface area contributed by atoms with E-state index in [9.17, 15) is 0 Å². The molecule has 0 bridgehead atoms. The van der Waals surface area contributed by atoms with Crippen LogP contribution in [0.2, 0.25) is 0 Å². The summed E-state index contributed by atoms with van der Waals surface area (Å²) in [6.45, 7) is 41.0. The Morgan fingerprint density at radius 1 is 0.629 bits per heavy atom. The largest absolute Gasteiger partial charge is 0.307 e. The molecular formula is C29H66N6. The van der Waals surface area contributed by atoms with Gasteiger partial charge in [-0.1, -0.05) is 90.0 Å². The molecule has 0 atom stereocenters. The second-order valence-electron chi connectivity index (χ2n) is 15.8. The first-order valence-electron chi connectivity index (χ1n) is 13.8. The third kappa shape index (κ3) is 20.5. The number of hydrogen-bond acceptors (Lipinski definition) is 6. The van der Waals surface area contributed by atoms with Crippen LogP contribution in [0.3, 0.4) is 0 Å². The minimum Gasteiger partial charge on any atom is -0.307 e. The second-order valence-corrected chi connectivity index (χ2v) is 15.8. The van der Waals surface area contributed by atoms with E-state index in [1.807, 2.05) is 7.05 Å². The van der Waals surface area contributed by atoms with Crippen molar-refractivity contribution in [3.63, 3.8) is 0 Å². The van der Waals surface area contributed by atoms with Gasteiger partial charge in [0.1, 0.15) is 0 Å². The predicted octanol–water partition coefficient (Wildman–Crippen LogP) is 5.34. The van der Waals surface area contributed by atoms with Crippen LogP contribution in [0.1, 0.15) is 90.0 Å². The van der Waals surface area contributed by atoms with Gasteiger partial charge in [0.15, 0.2) is 0 Å². The Morgan fingerprint density at radius 2 is 1.03 bits per heavy atom. The topological polar surface area (TPSA) is 28.2 Å². The lowest BCUT2D eigenvalue weighted by atomic mass is 9.95. The van der Waals surface area contributed by atoms with E-state index in [2.05, 4.69) is 127 Å². The molecule has 0 spiro atoms. The van der Waals surface area contributed by atoms with Crippen LogP contribution in [0, 0.1) is 21.7 Å². The van der Waals surface area contributed by atoms with Gasteiger partial charge < -0.3 is 5.32 Å². The van der Waals surface area contributed by atoms with Crippen molar-refractivity contribution in [1.29, 1.82) is 0 Å². The highest BCUT2D eigenvalue weighted by molar-refractivity contribution is 4.76. The Kier molecular flexibility index (Phi) is 14.5. The Balaban J connectivity index is 0.000000661. The van der Waals surface area contributed by atoms with Gasteiger partial charge in [-0.25, -0.2) is 0 Å². The lowest BCUT2D eigenvalue weighted by Gasteiger charge is -2.44. The maximum atomic E-state index is 3.28. The average Bonchev–Trinajstić information content (AvgIpc) is 2.55. The molecule has 1 aliphatic rings. The van der Waals surface area contributed by atoms with E-state index in [-0.39, 0.29) is 0 Å². The zero-order chi connectivity index (χ0) is 27.7. The smallest absolute Gasteiger partial charge is 0.0530 e. The van der Waals surface area contributed by atoms with Crippen molar-refractivity contribution in [2.24, 2.45) is 21.7 Å². The van der Waals surface area contributed by atoms with Gasteiger partial charge in [0, 0.05) is 32.8 Å². The summed E-state index contributed by atoms with van der Waals surface area (Å²) in [5.74, 6) is 0. The lowest BCUT2D eigenvalue weighted by molar-refractivity contribution is -0.0420. The lowest BCUT2D eigenvalue weighted by Crippen LogP contribution is -2.56. The molecule has 1 aliphatic heterocycles. The van der Waals surface area contributed by atoms with E-state index >= 15 is 0 Å². The van der Waals surface area contributed by atoms with Crippen LogP contribution in [0.5, 0.6) is 0 Å². The fourth-order valence-corrected chi connectivity index (χ4v) is 4.91. The maximum Gasteiger partial charge on any atom is 0.0530 e. The summed E-state index contributed by atoms with van der Waals surface area (Å²) < 4.78 is 0. The van der Waals surface area contributed by atoms with Gasteiger partial charge in [0.25, 0.3) is 0 Å². The molecule has 0 aromatic carbocycles. The Morgan fingerprint density at radius 3 is 1.34 bits per heavy atom. The molecule has 0 aromatic rings. The third-order valence-corrected chi connectivity index (χ3v) is 5.30. The van der Waals surface area contributed by atoms with Crippen LogP contribution >= 0.6 is 0 Å². The highest BCUT2D eigenvalue weighted by Gasteiger charge is 2.27. The number of hydrogen-bond donors (Lipinski definition) is 1. The van der Waals surface area contributed by atoms with Crippen LogP contribution in [-0.2, 0) is 0 Å². The van der Waals surface area contributed by atoms with Crippen molar-refractivity contribution in [2.75, 3.05) is 80.2 Å². The molecule has 0 aliphatic carbocycles. The molecule has 212 valence electrons. The number of nitrogens with zero attached hydrogens (tertiary/aromatic N) is 5. The Hall–Kier alpha value is -0.240. The molecule has 0 amide bonds. The average molecular weight is 499 g/mol. The highest BCUT2D eigenvalue weighted by Crippen LogP contribution is 2.21. The Labute approximate surface area is 221 Å². The summed E-state index contributed by atoms with van der Waals surface area (Å²) in [4.78, 5) is 12.5. The summed E-state index contributed by atoms with van der Waals surface area (Å²) in [5, 5.41) is 3.28. The van der Waals surface area contributed by atoms with E-state index < -0.39 is 0 Å². The highest BCUT2D eigenvalue weighted by atomic mass is 15.5. The second kappa shape index (κ2) is 14.6. The summed E-state index contributed by atoms with van der Waals surface area (Å²) in [5.41, 5.74) is 1.47. The van der Waals surface area contributed by atoms with Gasteiger partial charge in [-0.15, -0.1) is 0 Å². The van der Waals surface area contributed by atoms with Crippen molar-refractivity contribution in [3.05, 3.63) is 0 Å². The van der Waals surface area contributed by atoms with E-state index in [1.54, 1.807) is 0 Å². The van der Waals surface area contributed by atoms with Gasteiger partial charge in [0.05, 0.1) is 26.7 Å². The quantitative estimate of drug-likeness (QED) is 0.432. The molecule has 1 saturated heterocycles. The third-order valence-electron chi connectivity index (χ3n) is 5.30. The van der Waals surface area contributed by atoms with Gasteiger partial charge in [-0.3, -0.25) is 24.5 Å². The molecule has 0 saturated carbocycles. The molecular weight excluding hydrogens is 432 g/mol. The Bertz CT molecular complexity index is 525. The van der Waals surface area contributed by atoms with Gasteiger partial charge in [-0.2, -0.15) is 0 Å². The molecule has 0 radical (unpaired) electrons. The van der Waals surface area contributed by atoms with E-state index in [4.69, 9.17) is 0 Å². The van der Waals surface area contributed by atoms with E-state index in [0.29, 0.717) is 21.7 Å². The first-order chi connectivity index (χ1) is 15.6. The van der Waals surface area contributed by atoms with Crippen LogP contribution in [0.25, 0.3) is 0 Å². The molecule has 1 fully saturated rings. The van der Waals surface area contributed by atoms with Crippen LogP contribution in [0.4, 0.5) is 0 Å². The van der Waals surface area contributed by atoms with Crippen LogP contribution in [-0.4, -0.2) is 105 Å². The SMILES string of the molecule is CCN(CN(CNC)CC(C)(C)C)CC(C)(C)C.CN1CN(CC(C)(C)C)CN(CC(C)(C)C)C1. The zero-order valence-electron chi connectivity index (χ0n) is 26.8. The summed E-state index contributed by atoms with van der Waals surface area (Å²) in [7, 11) is 4.24. The van der Waals surface area contributed by atoms with Gasteiger partial charge in [-0.05, 0) is 42.3 Å².